The molecule has 0 unspecified atom stereocenters. The molecule has 4 heterocycles. The average Bonchev–Trinajstić information content (AvgIpc) is 3.51. The Morgan fingerprint density at radius 3 is 2.66 bits per heavy atom. The molecule has 1 aromatic carbocycles. The average molecular weight is 560 g/mol. The zero-order chi connectivity index (χ0) is 27.2. The minimum Gasteiger partial charge on any atom is -0.369 e. The number of anilines is 2. The van der Waals surface area contributed by atoms with Gasteiger partial charge in [-0.15, -0.1) is 0 Å². The van der Waals surface area contributed by atoms with Gasteiger partial charge in [-0.25, -0.2) is 17.9 Å². The van der Waals surface area contributed by atoms with Crippen LogP contribution in [-0.4, -0.2) is 65.6 Å². The number of aromatic nitrogens is 3. The highest BCUT2D eigenvalue weighted by molar-refractivity contribution is 7.92. The molecule has 0 aliphatic carbocycles. The maximum absolute atomic E-state index is 13.8. The number of benzene rings is 1. The summed E-state index contributed by atoms with van der Waals surface area (Å²) in [6.45, 7) is 3.69. The molecule has 38 heavy (non-hydrogen) atoms. The Labute approximate surface area is 226 Å². The summed E-state index contributed by atoms with van der Waals surface area (Å²) in [5.41, 5.74) is 8.15. The lowest BCUT2D eigenvalue weighted by Gasteiger charge is -2.35. The van der Waals surface area contributed by atoms with Crippen LogP contribution >= 0.6 is 11.6 Å². The van der Waals surface area contributed by atoms with Crippen molar-refractivity contribution >= 4 is 50.6 Å². The maximum atomic E-state index is 13.8. The number of carbonyl (C=O) groups excluding carboxylic acids is 2. The molecule has 0 bridgehead atoms. The lowest BCUT2D eigenvalue weighted by atomic mass is 9.98. The van der Waals surface area contributed by atoms with E-state index in [2.05, 4.69) is 9.62 Å². The number of likely N-dealkylation sites (tertiary alicyclic amines) is 1. The topological polar surface area (TPSA) is 143 Å². The van der Waals surface area contributed by atoms with Gasteiger partial charge in [-0.05, 0) is 50.8 Å². The zero-order valence-electron chi connectivity index (χ0n) is 21.2. The van der Waals surface area contributed by atoms with E-state index in [9.17, 15) is 18.0 Å². The van der Waals surface area contributed by atoms with Crippen LogP contribution in [0.4, 0.5) is 11.5 Å². The van der Waals surface area contributed by atoms with Crippen LogP contribution in [0.1, 0.15) is 53.3 Å². The molecule has 2 amide bonds. The summed E-state index contributed by atoms with van der Waals surface area (Å²) >= 11 is 6.19. The van der Waals surface area contributed by atoms with Crippen molar-refractivity contribution in [1.82, 2.24) is 19.5 Å². The Morgan fingerprint density at radius 1 is 1.16 bits per heavy atom. The first-order chi connectivity index (χ1) is 18.0. The quantitative estimate of drug-likeness (QED) is 0.472. The van der Waals surface area contributed by atoms with Crippen molar-refractivity contribution in [1.29, 1.82) is 0 Å². The highest BCUT2D eigenvalue weighted by atomic mass is 35.5. The molecular formula is C25H30ClN7O4S. The third-order valence-electron chi connectivity index (χ3n) is 7.13. The SMILES string of the molecule is Cc1cn2nc([C@@H]3CCCCN3C(=O)c3cc(Cl)ccc3NS(C)(=O)=O)cc2nc1N1CC[C@@H](C(N)=O)C1. The van der Waals surface area contributed by atoms with Crippen molar-refractivity contribution in [3.63, 3.8) is 0 Å². The number of nitrogens with one attached hydrogen (secondary N) is 1. The minimum absolute atomic E-state index is 0.183. The van der Waals surface area contributed by atoms with Crippen LogP contribution in [0.2, 0.25) is 5.02 Å². The zero-order valence-corrected chi connectivity index (χ0v) is 22.8. The van der Waals surface area contributed by atoms with E-state index in [4.69, 9.17) is 27.4 Å². The predicted molar refractivity (Wildman–Crippen MR) is 145 cm³/mol. The normalized spacial score (nSPS) is 20.2. The van der Waals surface area contributed by atoms with Gasteiger partial charge >= 0.3 is 0 Å². The molecule has 13 heteroatoms. The van der Waals surface area contributed by atoms with Crippen LogP contribution in [0.25, 0.3) is 5.65 Å². The number of rotatable bonds is 6. The number of hydrogen-bond donors (Lipinski definition) is 2. The van der Waals surface area contributed by atoms with E-state index in [1.807, 2.05) is 19.2 Å². The van der Waals surface area contributed by atoms with E-state index in [0.717, 1.165) is 30.5 Å². The number of nitrogens with zero attached hydrogens (tertiary/aromatic N) is 5. The molecule has 0 radical (unpaired) electrons. The number of carbonyl (C=O) groups is 2. The number of piperidine rings is 1. The highest BCUT2D eigenvalue weighted by Gasteiger charge is 2.33. The van der Waals surface area contributed by atoms with E-state index in [1.54, 1.807) is 15.5 Å². The van der Waals surface area contributed by atoms with Gasteiger partial charge in [0.25, 0.3) is 5.91 Å². The molecule has 2 saturated heterocycles. The second-order valence-electron chi connectivity index (χ2n) is 10.0. The van der Waals surface area contributed by atoms with Gasteiger partial charge in [0.05, 0.1) is 35.2 Å². The molecule has 2 aliphatic rings. The van der Waals surface area contributed by atoms with Gasteiger partial charge < -0.3 is 15.5 Å². The minimum atomic E-state index is -3.60. The smallest absolute Gasteiger partial charge is 0.256 e. The number of primary amides is 1. The van der Waals surface area contributed by atoms with Crippen molar-refractivity contribution in [2.24, 2.45) is 11.7 Å². The molecular weight excluding hydrogens is 530 g/mol. The van der Waals surface area contributed by atoms with E-state index < -0.39 is 10.0 Å². The predicted octanol–water partition coefficient (Wildman–Crippen LogP) is 2.74. The number of fused-ring (bicyclic) bond motifs is 1. The first-order valence-electron chi connectivity index (χ1n) is 12.5. The van der Waals surface area contributed by atoms with Crippen molar-refractivity contribution in [2.75, 3.05) is 35.5 Å². The van der Waals surface area contributed by atoms with Crippen LogP contribution in [-0.2, 0) is 14.8 Å². The molecule has 2 aliphatic heterocycles. The first kappa shape index (κ1) is 26.2. The number of aryl methyl sites for hydroxylation is 1. The van der Waals surface area contributed by atoms with Gasteiger partial charge in [0, 0.05) is 42.5 Å². The molecule has 3 aromatic rings. The van der Waals surface area contributed by atoms with Crippen LogP contribution in [0.5, 0.6) is 0 Å². The third-order valence-corrected chi connectivity index (χ3v) is 7.95. The van der Waals surface area contributed by atoms with Crippen molar-refractivity contribution < 1.29 is 18.0 Å². The maximum Gasteiger partial charge on any atom is 0.256 e. The van der Waals surface area contributed by atoms with Gasteiger partial charge in [0.1, 0.15) is 5.82 Å². The van der Waals surface area contributed by atoms with Crippen LogP contribution in [0.15, 0.2) is 30.5 Å². The molecule has 5 rings (SSSR count). The van der Waals surface area contributed by atoms with Gasteiger partial charge in [0.2, 0.25) is 15.9 Å². The van der Waals surface area contributed by atoms with E-state index >= 15 is 0 Å². The Balaban J connectivity index is 1.47. The monoisotopic (exact) mass is 559 g/mol. The summed E-state index contributed by atoms with van der Waals surface area (Å²) in [5, 5.41) is 5.10. The van der Waals surface area contributed by atoms with Crippen molar-refractivity contribution in [3.05, 3.63) is 52.3 Å². The van der Waals surface area contributed by atoms with Crippen LogP contribution < -0.4 is 15.4 Å². The van der Waals surface area contributed by atoms with Gasteiger partial charge in [-0.1, -0.05) is 11.6 Å². The third kappa shape index (κ3) is 5.28. The number of hydrogen-bond acceptors (Lipinski definition) is 7. The largest absolute Gasteiger partial charge is 0.369 e. The van der Waals surface area contributed by atoms with Crippen molar-refractivity contribution in [3.8, 4) is 0 Å². The Bertz CT molecular complexity index is 1520. The summed E-state index contributed by atoms with van der Waals surface area (Å²) in [5.74, 6) is -0.0164. The Hall–Kier alpha value is -3.38. The number of halogens is 1. The van der Waals surface area contributed by atoms with E-state index in [0.29, 0.717) is 48.8 Å². The summed E-state index contributed by atoms with van der Waals surface area (Å²) in [7, 11) is -3.60. The van der Waals surface area contributed by atoms with Gasteiger partial charge in [-0.2, -0.15) is 5.10 Å². The molecule has 2 aromatic heterocycles. The fraction of sp³-hybridized carbons (Fsp3) is 0.440. The molecule has 3 N–H and O–H groups in total. The standard InChI is InChI=1S/C25H30ClN7O4S/c1-15-13-33-22(28-24(15)31-10-8-16(14-31)23(27)34)12-20(29-33)21-5-3-4-9-32(21)25(35)18-11-17(26)6-7-19(18)30-38(2,36)37/h6-7,11-13,16,21,30H,3-5,8-10,14H2,1-2H3,(H2,27,34)/t16-,21+/m1/s1. The second-order valence-corrected chi connectivity index (χ2v) is 12.2. The van der Waals surface area contributed by atoms with E-state index in [1.165, 1.54) is 12.1 Å². The fourth-order valence-electron chi connectivity index (χ4n) is 5.31. The van der Waals surface area contributed by atoms with Crippen LogP contribution in [0, 0.1) is 12.8 Å². The van der Waals surface area contributed by atoms with E-state index in [-0.39, 0.29) is 35.0 Å². The fourth-order valence-corrected chi connectivity index (χ4v) is 6.06. The molecule has 0 saturated carbocycles. The molecule has 2 atom stereocenters. The molecule has 202 valence electrons. The highest BCUT2D eigenvalue weighted by Crippen LogP contribution is 2.34. The summed E-state index contributed by atoms with van der Waals surface area (Å²) in [4.78, 5) is 34.0. The summed E-state index contributed by atoms with van der Waals surface area (Å²) in [6, 6.07) is 6.10. The first-order valence-corrected chi connectivity index (χ1v) is 14.8. The second kappa shape index (κ2) is 10.1. The number of nitrogens with two attached hydrogens (primary N) is 1. The lowest BCUT2D eigenvalue weighted by Crippen LogP contribution is -2.39. The van der Waals surface area contributed by atoms with Crippen LogP contribution in [0.3, 0.4) is 0 Å². The summed E-state index contributed by atoms with van der Waals surface area (Å²) < 4.78 is 28.0. The summed E-state index contributed by atoms with van der Waals surface area (Å²) in [6.07, 6.45) is 6.09. The van der Waals surface area contributed by atoms with Crippen molar-refractivity contribution in [2.45, 2.75) is 38.6 Å². The van der Waals surface area contributed by atoms with Gasteiger partial charge in [-0.3, -0.25) is 14.3 Å². The Kier molecular flexibility index (Phi) is 6.95. The lowest BCUT2D eigenvalue weighted by molar-refractivity contribution is -0.121. The van der Waals surface area contributed by atoms with Gasteiger partial charge in [0.15, 0.2) is 5.65 Å². The number of amides is 2. The molecule has 2 fully saturated rings. The molecule has 11 nitrogen and oxygen atoms in total. The number of sulfonamides is 1. The molecule has 0 spiro atoms. The Morgan fingerprint density at radius 2 is 1.95 bits per heavy atom.